The Morgan fingerprint density at radius 2 is 1.42 bits per heavy atom. The predicted octanol–water partition coefficient (Wildman–Crippen LogP) is 10.9. The van der Waals surface area contributed by atoms with Gasteiger partial charge in [-0.1, -0.05) is 120 Å². The van der Waals surface area contributed by atoms with Gasteiger partial charge in [-0.25, -0.2) is 14.4 Å². The number of esters is 5. The summed E-state index contributed by atoms with van der Waals surface area (Å²) in [6, 6.07) is 4.94. The largest absolute Gasteiger partial charge is 0.496 e. The molecular formula is C68H93NO17. The molecule has 2 bridgehead atoms. The molecule has 4 fully saturated rings. The maximum Gasteiger partial charge on any atom is 0.408 e. The van der Waals surface area contributed by atoms with Crippen LogP contribution in [0.5, 0.6) is 5.75 Å². The van der Waals surface area contributed by atoms with Crippen molar-refractivity contribution in [2.24, 2.45) is 28.6 Å². The maximum atomic E-state index is 16.1. The molecular weight excluding hydrogens is 1100 g/mol. The average Bonchev–Trinajstić information content (AvgIpc) is 0.782. The van der Waals surface area contributed by atoms with Crippen LogP contribution in [0.3, 0.4) is 0 Å². The molecule has 472 valence electrons. The number of carbonyl (C=O) groups is 7. The molecule has 1 aliphatic heterocycles. The predicted molar refractivity (Wildman–Crippen MR) is 322 cm³/mol. The van der Waals surface area contributed by atoms with Crippen LogP contribution in [0.15, 0.2) is 108 Å². The van der Waals surface area contributed by atoms with Crippen LogP contribution in [0.1, 0.15) is 170 Å². The van der Waals surface area contributed by atoms with E-state index >= 15 is 9.59 Å². The fraction of sp³-hybridized carbons (Fsp3) is 0.603. The van der Waals surface area contributed by atoms with Crippen molar-refractivity contribution in [2.45, 2.75) is 219 Å². The summed E-state index contributed by atoms with van der Waals surface area (Å²) in [7, 11) is 1.35. The van der Waals surface area contributed by atoms with Gasteiger partial charge >= 0.3 is 35.9 Å². The highest BCUT2D eigenvalue weighted by Crippen LogP contribution is 2.64. The summed E-state index contributed by atoms with van der Waals surface area (Å²) in [5.41, 5.74) is -9.06. The zero-order chi connectivity index (χ0) is 63.2. The molecule has 2 unspecified atom stereocenters. The normalized spacial score (nSPS) is 28.0. The first kappa shape index (κ1) is 68.5. The minimum absolute atomic E-state index is 0.00249. The fourth-order valence-corrected chi connectivity index (χ4v) is 12.4. The van der Waals surface area contributed by atoms with Crippen molar-refractivity contribution in [3.05, 3.63) is 114 Å². The molecule has 18 heteroatoms. The van der Waals surface area contributed by atoms with Gasteiger partial charge < -0.3 is 53.4 Å². The molecule has 4 aliphatic carbocycles. The third-order valence-corrected chi connectivity index (χ3v) is 17.0. The summed E-state index contributed by atoms with van der Waals surface area (Å²) in [6.45, 7) is 17.8. The van der Waals surface area contributed by atoms with Gasteiger partial charge in [-0.3, -0.25) is 19.2 Å². The van der Waals surface area contributed by atoms with Crippen molar-refractivity contribution < 1.29 is 81.7 Å². The van der Waals surface area contributed by atoms with Crippen molar-refractivity contribution in [1.82, 2.24) is 5.32 Å². The SMILES string of the molecule is CC/C=C\C/C=C\C/C=C\C/C=C\C/C=C\C/C=C\CCC(=O)O[C@@H](C(=O)O[C@H]1C[C@@]2(O)C(OC(=O)c3ccccc3OC)C3[C@](C)(C(=O)[C@H](OC(=O)C4CC4)C(=C1C)C2(C)C)[C@@H](O)C[C@H]1OC[C@@]31OC(C)=O)[C@H](CC(C)C)NC(=O)OC(C)(C)C. The molecule has 1 heterocycles. The highest BCUT2D eigenvalue weighted by molar-refractivity contribution is 5.96. The zero-order valence-corrected chi connectivity index (χ0v) is 52.4. The number of carbonyl (C=O) groups excluding carboxylic acids is 7. The Balaban J connectivity index is 1.35. The highest BCUT2D eigenvalue weighted by atomic mass is 16.6. The molecule has 6 rings (SSSR count). The Bertz CT molecular complexity index is 2810. The van der Waals surface area contributed by atoms with E-state index in [1.54, 1.807) is 53.7 Å². The standard InChI is InChI=1S/C68H93NO17/c1-13-14-15-16-17-18-19-20-21-22-23-24-25-26-27-28-29-30-31-36-53(72)82-55(48(39-43(2)3)69-63(77)86-64(6,7)8)62(76)81-50-41-68(78)59(84-61(75)47-34-32-33-35-49(47)79-12)57-66(11,51(71)40-52-67(57,42-80-52)85-45(5)70)58(73)56(83-60(74)46-37-38-46)54(44(50)4)65(68,9)10/h14-15,17-18,20-21,23-24,26-27,29-30,32-35,43,46,48,50-52,55-57,59,71,78H,13,16,19,22,25,28,31,36-42H2,1-12H3,(H,69,77)/b15-14-,18-17-,21-20-,24-23-,27-26-,30-29-/t48-,50-,51-,52+,55+,56+,57?,59?,66+,67-,68+/m0/s1. The lowest BCUT2D eigenvalue weighted by atomic mass is 9.44. The second kappa shape index (κ2) is 29.8. The molecule has 0 spiro atoms. The number of methoxy groups -OCH3 is 1. The number of ether oxygens (including phenoxy) is 8. The van der Waals surface area contributed by atoms with Crippen LogP contribution in [-0.4, -0.2) is 125 Å². The van der Waals surface area contributed by atoms with Crippen LogP contribution >= 0.6 is 0 Å². The molecule has 0 radical (unpaired) electrons. The number of alkyl carbamates (subject to hydrolysis) is 1. The van der Waals surface area contributed by atoms with E-state index in [1.807, 2.05) is 32.1 Å². The minimum atomic E-state index is -2.48. The van der Waals surface area contributed by atoms with Gasteiger partial charge in [0.2, 0.25) is 6.10 Å². The molecule has 1 amide bonds. The van der Waals surface area contributed by atoms with E-state index in [0.29, 0.717) is 19.3 Å². The molecule has 1 saturated heterocycles. The Hall–Kier alpha value is -6.63. The molecule has 3 N–H and O–H groups in total. The number of amides is 1. The summed E-state index contributed by atoms with van der Waals surface area (Å²) >= 11 is 0. The third-order valence-electron chi connectivity index (χ3n) is 17.0. The first-order valence-corrected chi connectivity index (χ1v) is 30.5. The summed E-state index contributed by atoms with van der Waals surface area (Å²) < 4.78 is 48.8. The van der Waals surface area contributed by atoms with Crippen molar-refractivity contribution >= 4 is 41.7 Å². The van der Waals surface area contributed by atoms with Crippen LogP contribution in [-0.2, 0) is 57.1 Å². The number of hydrogen-bond donors (Lipinski definition) is 3. The van der Waals surface area contributed by atoms with Crippen LogP contribution in [0.25, 0.3) is 0 Å². The number of nitrogens with one attached hydrogen (secondary N) is 1. The lowest BCUT2D eigenvalue weighted by Gasteiger charge is -2.67. The monoisotopic (exact) mass is 1200 g/mol. The topological polar surface area (TPSA) is 246 Å². The van der Waals surface area contributed by atoms with Gasteiger partial charge in [0.05, 0.1) is 43.1 Å². The molecule has 1 aromatic rings. The van der Waals surface area contributed by atoms with E-state index in [1.165, 1.54) is 26.2 Å². The number of fused-ring (bicyclic) bond motifs is 5. The number of rotatable bonds is 27. The van der Waals surface area contributed by atoms with E-state index in [-0.39, 0.29) is 60.7 Å². The van der Waals surface area contributed by atoms with Gasteiger partial charge in [-0.2, -0.15) is 0 Å². The van der Waals surface area contributed by atoms with E-state index in [4.69, 9.17) is 37.9 Å². The molecule has 5 aliphatic rings. The number of aliphatic hydroxyl groups is 2. The van der Waals surface area contributed by atoms with Crippen LogP contribution < -0.4 is 10.1 Å². The summed E-state index contributed by atoms with van der Waals surface area (Å²) in [4.78, 5) is 101. The minimum Gasteiger partial charge on any atom is -0.496 e. The van der Waals surface area contributed by atoms with Crippen LogP contribution in [0, 0.1) is 28.6 Å². The zero-order valence-electron chi connectivity index (χ0n) is 52.4. The number of ketones is 1. The van der Waals surface area contributed by atoms with Gasteiger partial charge in [-0.05, 0) is 128 Å². The first-order chi connectivity index (χ1) is 40.7. The first-order valence-electron chi connectivity index (χ1n) is 30.5. The van der Waals surface area contributed by atoms with E-state index < -0.39 is 130 Å². The summed E-state index contributed by atoms with van der Waals surface area (Å²) in [6.07, 6.45) is 19.6. The Kier molecular flexibility index (Phi) is 23.8. The molecule has 3 saturated carbocycles. The molecule has 1 aromatic carbocycles. The number of para-hydroxylation sites is 1. The second-order valence-electron chi connectivity index (χ2n) is 25.4. The number of allylic oxidation sites excluding steroid dienone is 12. The lowest BCUT2D eigenvalue weighted by Crippen LogP contribution is -2.82. The molecule has 18 nitrogen and oxygen atoms in total. The van der Waals surface area contributed by atoms with Gasteiger partial charge in [-0.15, -0.1) is 0 Å². The maximum absolute atomic E-state index is 16.1. The van der Waals surface area contributed by atoms with Crippen molar-refractivity contribution in [3.63, 3.8) is 0 Å². The van der Waals surface area contributed by atoms with Gasteiger partial charge in [0, 0.05) is 31.6 Å². The van der Waals surface area contributed by atoms with E-state index in [2.05, 4.69) is 66.9 Å². The lowest BCUT2D eigenvalue weighted by molar-refractivity contribution is -0.346. The van der Waals surface area contributed by atoms with Gasteiger partial charge in [0.25, 0.3) is 0 Å². The number of benzene rings is 1. The van der Waals surface area contributed by atoms with E-state index in [9.17, 15) is 34.2 Å². The molecule has 11 atom stereocenters. The highest BCUT2D eigenvalue weighted by Gasteiger charge is 2.78. The Morgan fingerprint density at radius 1 is 0.837 bits per heavy atom. The summed E-state index contributed by atoms with van der Waals surface area (Å²) in [5.74, 6) is -7.62. The Labute approximate surface area is 507 Å². The van der Waals surface area contributed by atoms with Crippen molar-refractivity contribution in [3.8, 4) is 5.75 Å². The second-order valence-corrected chi connectivity index (χ2v) is 25.4. The smallest absolute Gasteiger partial charge is 0.408 e. The van der Waals surface area contributed by atoms with Crippen molar-refractivity contribution in [1.29, 1.82) is 0 Å². The van der Waals surface area contributed by atoms with Gasteiger partial charge in [0.1, 0.15) is 40.8 Å². The molecule has 0 aromatic heterocycles. The molecule has 86 heavy (non-hydrogen) atoms. The fourth-order valence-electron chi connectivity index (χ4n) is 12.4. The quantitative estimate of drug-likeness (QED) is 0.0421. The van der Waals surface area contributed by atoms with Crippen LogP contribution in [0.2, 0.25) is 0 Å². The third kappa shape index (κ3) is 16.3. The summed E-state index contributed by atoms with van der Waals surface area (Å²) in [5, 5.41) is 29.3. The number of Topliss-reactive ketones (excluding diaryl/α,β-unsaturated/α-hetero) is 1. The number of aliphatic hydroxyl groups excluding tert-OH is 1. The Morgan fingerprint density at radius 3 is 1.94 bits per heavy atom. The number of hydrogen-bond acceptors (Lipinski definition) is 17. The van der Waals surface area contributed by atoms with Crippen molar-refractivity contribution in [2.75, 3.05) is 13.7 Å². The van der Waals surface area contributed by atoms with Crippen LogP contribution in [0.4, 0.5) is 4.79 Å². The van der Waals surface area contributed by atoms with E-state index in [0.717, 1.165) is 39.0 Å². The van der Waals surface area contributed by atoms with Gasteiger partial charge in [0.15, 0.2) is 17.5 Å². The average molecular weight is 1200 g/mol.